The lowest BCUT2D eigenvalue weighted by Gasteiger charge is -2.27. The zero-order valence-electron chi connectivity index (χ0n) is 17.6. The van der Waals surface area contributed by atoms with E-state index in [9.17, 15) is 18.0 Å². The van der Waals surface area contributed by atoms with Crippen LogP contribution in [-0.4, -0.2) is 29.7 Å². The molecule has 2 aromatic rings. The zero-order chi connectivity index (χ0) is 23.1. The zero-order valence-corrected chi connectivity index (χ0v) is 17.6. The van der Waals surface area contributed by atoms with Crippen LogP contribution < -0.4 is 4.74 Å². The van der Waals surface area contributed by atoms with E-state index in [1.807, 2.05) is 36.4 Å². The van der Waals surface area contributed by atoms with E-state index in [-0.39, 0.29) is 18.8 Å². The molecule has 1 amide bonds. The number of hydrogen-bond acceptors (Lipinski definition) is 4. The number of hydrogen-bond donors (Lipinski definition) is 0. The minimum absolute atomic E-state index is 0.156. The molecule has 0 N–H and O–H groups in total. The molecule has 0 spiro atoms. The second-order valence-electron chi connectivity index (χ2n) is 7.89. The maximum atomic E-state index is 12.8. The largest absolute Gasteiger partial charge is 0.486 e. The Bertz CT molecular complexity index is 886. The Morgan fingerprint density at radius 2 is 1.68 bits per heavy atom. The maximum absolute atomic E-state index is 12.8. The molecule has 0 saturated heterocycles. The number of amides is 1. The van der Waals surface area contributed by atoms with Crippen molar-refractivity contribution in [3.63, 3.8) is 0 Å². The summed E-state index contributed by atoms with van der Waals surface area (Å²) in [5, 5.41) is 9.07. The molecule has 2 aromatic carbocycles. The molecule has 1 atom stereocenters. The summed E-state index contributed by atoms with van der Waals surface area (Å²) in [6.07, 6.45) is -5.27. The van der Waals surface area contributed by atoms with Crippen LogP contribution in [0, 0.1) is 11.3 Å². The number of rotatable bonds is 7. The number of nitrogens with zero attached hydrogens (tertiary/aromatic N) is 2. The summed E-state index contributed by atoms with van der Waals surface area (Å²) in [5.41, 5.74) is -0.676. The number of benzene rings is 2. The van der Waals surface area contributed by atoms with E-state index >= 15 is 0 Å². The van der Waals surface area contributed by atoms with Crippen molar-refractivity contribution in [3.8, 4) is 11.8 Å². The molecule has 0 bridgehead atoms. The fraction of sp³-hybridized carbons (Fsp3) is 0.391. The molecular weight excluding hydrogens is 409 g/mol. The van der Waals surface area contributed by atoms with Crippen molar-refractivity contribution >= 4 is 6.09 Å². The first kappa shape index (κ1) is 24.1. The summed E-state index contributed by atoms with van der Waals surface area (Å²) < 4.78 is 49.7. The van der Waals surface area contributed by atoms with Crippen LogP contribution in [0.5, 0.6) is 5.75 Å². The average Bonchev–Trinajstić information content (AvgIpc) is 2.69. The summed E-state index contributed by atoms with van der Waals surface area (Å²) in [5.74, 6) is 0.269. The van der Waals surface area contributed by atoms with Gasteiger partial charge < -0.3 is 9.47 Å². The van der Waals surface area contributed by atoms with Crippen LogP contribution in [0.15, 0.2) is 54.6 Å². The number of nitriles is 1. The highest BCUT2D eigenvalue weighted by Crippen LogP contribution is 2.32. The van der Waals surface area contributed by atoms with E-state index in [1.54, 1.807) is 20.8 Å². The van der Waals surface area contributed by atoms with Crippen LogP contribution in [-0.2, 0) is 10.9 Å². The van der Waals surface area contributed by atoms with Crippen molar-refractivity contribution in [2.45, 2.75) is 45.1 Å². The van der Waals surface area contributed by atoms with Gasteiger partial charge in [0.1, 0.15) is 24.0 Å². The summed E-state index contributed by atoms with van der Waals surface area (Å²) in [4.78, 5) is 13.7. The van der Waals surface area contributed by atoms with Crippen LogP contribution in [0.2, 0.25) is 0 Å². The molecule has 8 heteroatoms. The smallest absolute Gasteiger partial charge is 0.416 e. The third kappa shape index (κ3) is 7.85. The summed E-state index contributed by atoms with van der Waals surface area (Å²) >= 11 is 0. The molecule has 0 aliphatic carbocycles. The van der Waals surface area contributed by atoms with Gasteiger partial charge in [-0.15, -0.1) is 0 Å². The van der Waals surface area contributed by atoms with Gasteiger partial charge in [-0.3, -0.25) is 4.90 Å². The van der Waals surface area contributed by atoms with E-state index in [2.05, 4.69) is 0 Å². The number of ether oxygens (including phenoxy) is 2. The lowest BCUT2D eigenvalue weighted by molar-refractivity contribution is -0.137. The highest BCUT2D eigenvalue weighted by atomic mass is 19.4. The molecule has 166 valence electrons. The minimum Gasteiger partial charge on any atom is -0.486 e. The Morgan fingerprint density at radius 3 is 2.19 bits per heavy atom. The molecule has 1 unspecified atom stereocenters. The first-order chi connectivity index (χ1) is 14.5. The molecule has 0 fully saturated rings. The van der Waals surface area contributed by atoms with Crippen molar-refractivity contribution in [3.05, 3.63) is 65.7 Å². The molecule has 2 rings (SSSR count). The Kier molecular flexibility index (Phi) is 7.92. The Balaban J connectivity index is 2.17. The van der Waals surface area contributed by atoms with Crippen LogP contribution in [0.25, 0.3) is 0 Å². The topological polar surface area (TPSA) is 62.6 Å². The van der Waals surface area contributed by atoms with E-state index in [4.69, 9.17) is 14.7 Å². The Morgan fingerprint density at radius 1 is 1.06 bits per heavy atom. The van der Waals surface area contributed by atoms with Crippen molar-refractivity contribution in [2.24, 2.45) is 0 Å². The van der Waals surface area contributed by atoms with Gasteiger partial charge in [0.25, 0.3) is 0 Å². The molecule has 0 saturated carbocycles. The molecule has 5 nitrogen and oxygen atoms in total. The fourth-order valence-electron chi connectivity index (χ4n) is 2.77. The quantitative estimate of drug-likeness (QED) is 0.503. The number of halogens is 3. The third-order valence-electron chi connectivity index (χ3n) is 4.21. The van der Waals surface area contributed by atoms with Crippen molar-refractivity contribution in [2.75, 3.05) is 13.1 Å². The SMILES string of the molecule is CC(C)(C)OC(=O)N(CC#N)CCC(Oc1ccc(C(F)(F)F)cc1)c1ccccc1. The molecule has 0 heterocycles. The van der Waals surface area contributed by atoms with Crippen molar-refractivity contribution in [1.82, 2.24) is 4.90 Å². The average molecular weight is 434 g/mol. The number of alkyl halides is 3. The highest BCUT2D eigenvalue weighted by molar-refractivity contribution is 5.68. The van der Waals surface area contributed by atoms with Gasteiger partial charge in [-0.05, 0) is 50.6 Å². The predicted octanol–water partition coefficient (Wildman–Crippen LogP) is 5.98. The van der Waals surface area contributed by atoms with Gasteiger partial charge in [0.15, 0.2) is 0 Å². The van der Waals surface area contributed by atoms with Gasteiger partial charge in [0.2, 0.25) is 0 Å². The summed E-state index contributed by atoms with van der Waals surface area (Å²) in [7, 11) is 0. The van der Waals surface area contributed by atoms with Crippen molar-refractivity contribution < 1.29 is 27.4 Å². The van der Waals surface area contributed by atoms with Crippen LogP contribution in [0.1, 0.15) is 44.4 Å². The maximum Gasteiger partial charge on any atom is 0.416 e. The first-order valence-corrected chi connectivity index (χ1v) is 9.73. The normalized spacial score (nSPS) is 12.5. The van der Waals surface area contributed by atoms with E-state index in [0.717, 1.165) is 17.7 Å². The number of carbonyl (C=O) groups excluding carboxylic acids is 1. The molecule has 0 aromatic heterocycles. The highest BCUT2D eigenvalue weighted by Gasteiger charge is 2.30. The predicted molar refractivity (Wildman–Crippen MR) is 109 cm³/mol. The molecule has 0 radical (unpaired) electrons. The van der Waals surface area contributed by atoms with Crippen LogP contribution in [0.3, 0.4) is 0 Å². The summed E-state index contributed by atoms with van der Waals surface area (Å²) in [6, 6.07) is 15.5. The standard InChI is InChI=1S/C23H25F3N2O3/c1-22(2,3)31-21(29)28(16-14-27)15-13-20(17-7-5-4-6-8-17)30-19-11-9-18(10-12-19)23(24,25)26/h4-12,20H,13,15-16H2,1-3H3. The monoisotopic (exact) mass is 434 g/mol. The van der Waals surface area contributed by atoms with Gasteiger partial charge in [-0.25, -0.2) is 4.79 Å². The van der Waals surface area contributed by atoms with Gasteiger partial charge >= 0.3 is 12.3 Å². The minimum atomic E-state index is -4.43. The molecule has 0 aliphatic rings. The van der Waals surface area contributed by atoms with Gasteiger partial charge in [0.05, 0.1) is 11.6 Å². The first-order valence-electron chi connectivity index (χ1n) is 9.73. The van der Waals surface area contributed by atoms with E-state index in [0.29, 0.717) is 6.42 Å². The molecular formula is C23H25F3N2O3. The number of carbonyl (C=O) groups is 1. The second kappa shape index (κ2) is 10.2. The Hall–Kier alpha value is -3.21. The summed E-state index contributed by atoms with van der Waals surface area (Å²) in [6.45, 7) is 5.21. The second-order valence-corrected chi connectivity index (χ2v) is 7.89. The van der Waals surface area contributed by atoms with Crippen molar-refractivity contribution in [1.29, 1.82) is 5.26 Å². The lowest BCUT2D eigenvalue weighted by atomic mass is 10.1. The van der Waals surface area contributed by atoms with Gasteiger partial charge in [-0.2, -0.15) is 18.4 Å². The van der Waals surface area contributed by atoms with Crippen LogP contribution in [0.4, 0.5) is 18.0 Å². The van der Waals surface area contributed by atoms with E-state index < -0.39 is 29.5 Å². The fourth-order valence-corrected chi connectivity index (χ4v) is 2.77. The third-order valence-corrected chi connectivity index (χ3v) is 4.21. The molecule has 31 heavy (non-hydrogen) atoms. The van der Waals surface area contributed by atoms with Gasteiger partial charge in [-0.1, -0.05) is 30.3 Å². The van der Waals surface area contributed by atoms with Crippen LogP contribution >= 0.6 is 0 Å². The van der Waals surface area contributed by atoms with E-state index in [1.165, 1.54) is 17.0 Å². The molecule has 0 aliphatic heterocycles. The van der Waals surface area contributed by atoms with Gasteiger partial charge in [0, 0.05) is 13.0 Å². The Labute approximate surface area is 180 Å². The lowest BCUT2D eigenvalue weighted by Crippen LogP contribution is -2.38.